The first-order chi connectivity index (χ1) is 9.89. The summed E-state index contributed by atoms with van der Waals surface area (Å²) in [5.41, 5.74) is 0.113. The van der Waals surface area contributed by atoms with E-state index < -0.39 is 11.5 Å². The van der Waals surface area contributed by atoms with E-state index in [1.807, 2.05) is 44.2 Å². The van der Waals surface area contributed by atoms with Crippen LogP contribution in [0.1, 0.15) is 40.5 Å². The number of carbonyl (C=O) groups is 1. The van der Waals surface area contributed by atoms with E-state index in [1.165, 1.54) is 0 Å². The lowest BCUT2D eigenvalue weighted by molar-refractivity contribution is -0.144. The van der Waals surface area contributed by atoms with Gasteiger partial charge in [-0.3, -0.25) is 10.1 Å². The van der Waals surface area contributed by atoms with Gasteiger partial charge in [0.25, 0.3) is 0 Å². The number of benzene rings is 1. The Morgan fingerprint density at radius 2 is 1.95 bits per heavy atom. The number of aliphatic carboxylic acids is 1. The van der Waals surface area contributed by atoms with Crippen molar-refractivity contribution in [3.8, 4) is 0 Å². The number of hydrogen-bond donors (Lipinski definition) is 2. The molecule has 1 atom stereocenters. The second kappa shape index (κ2) is 8.03. The van der Waals surface area contributed by atoms with Crippen LogP contribution in [0.5, 0.6) is 0 Å². The molecule has 21 heavy (non-hydrogen) atoms. The van der Waals surface area contributed by atoms with E-state index in [2.05, 4.69) is 17.1 Å². The van der Waals surface area contributed by atoms with Crippen LogP contribution in [0.2, 0.25) is 0 Å². The Morgan fingerprint density at radius 1 is 1.33 bits per heavy atom. The minimum Gasteiger partial charge on any atom is -0.480 e. The summed E-state index contributed by atoms with van der Waals surface area (Å²) in [4.78, 5) is 13.9. The molecule has 1 unspecified atom stereocenters. The highest BCUT2D eigenvalue weighted by Gasteiger charge is 2.35. The predicted octanol–water partition coefficient (Wildman–Crippen LogP) is 3.13. The number of para-hydroxylation sites is 1. The van der Waals surface area contributed by atoms with Crippen molar-refractivity contribution < 1.29 is 9.90 Å². The predicted molar refractivity (Wildman–Crippen MR) is 87.9 cm³/mol. The highest BCUT2D eigenvalue weighted by atomic mass is 16.4. The molecule has 0 radical (unpaired) electrons. The first kappa shape index (κ1) is 17.5. The monoisotopic (exact) mass is 292 g/mol. The summed E-state index contributed by atoms with van der Waals surface area (Å²) in [6, 6.07) is 10.1. The smallest absolute Gasteiger partial charge is 0.325 e. The molecule has 0 aromatic heterocycles. The average molecular weight is 292 g/mol. The number of nitrogens with one attached hydrogen (secondary N) is 1. The van der Waals surface area contributed by atoms with E-state index in [0.717, 1.165) is 25.1 Å². The number of anilines is 1. The molecular formula is C17H28N2O2. The van der Waals surface area contributed by atoms with Crippen molar-refractivity contribution in [2.24, 2.45) is 0 Å². The third-order valence-corrected chi connectivity index (χ3v) is 3.49. The number of nitrogens with zero attached hydrogens (tertiary/aromatic N) is 1. The lowest BCUT2D eigenvalue weighted by Crippen LogP contribution is -2.59. The number of hydrogen-bond acceptors (Lipinski definition) is 3. The molecule has 0 aliphatic carbocycles. The van der Waals surface area contributed by atoms with Crippen molar-refractivity contribution in [2.75, 3.05) is 18.0 Å². The largest absolute Gasteiger partial charge is 0.480 e. The van der Waals surface area contributed by atoms with Gasteiger partial charge in [0.15, 0.2) is 0 Å². The molecule has 1 rings (SSSR count). The maximum Gasteiger partial charge on any atom is 0.325 e. The summed E-state index contributed by atoms with van der Waals surface area (Å²) in [6.07, 6.45) is 2.14. The summed E-state index contributed by atoms with van der Waals surface area (Å²) in [6.45, 7) is 9.16. The SMILES string of the molecule is CCCCN(CC(C)(NC(C)C)C(=O)O)c1ccccc1. The Bertz CT molecular complexity index is 434. The van der Waals surface area contributed by atoms with E-state index in [4.69, 9.17) is 0 Å². The number of rotatable bonds is 9. The van der Waals surface area contributed by atoms with E-state index in [1.54, 1.807) is 6.92 Å². The summed E-state index contributed by atoms with van der Waals surface area (Å²) >= 11 is 0. The lowest BCUT2D eigenvalue weighted by Gasteiger charge is -2.36. The third-order valence-electron chi connectivity index (χ3n) is 3.49. The van der Waals surface area contributed by atoms with Crippen molar-refractivity contribution in [1.29, 1.82) is 0 Å². The second-order valence-corrected chi connectivity index (χ2v) is 6.05. The third kappa shape index (κ3) is 5.38. The first-order valence-electron chi connectivity index (χ1n) is 7.70. The van der Waals surface area contributed by atoms with Gasteiger partial charge in [-0.25, -0.2) is 0 Å². The average Bonchev–Trinajstić information content (AvgIpc) is 2.43. The van der Waals surface area contributed by atoms with Gasteiger partial charge >= 0.3 is 5.97 Å². The summed E-state index contributed by atoms with van der Waals surface area (Å²) in [7, 11) is 0. The molecule has 0 aliphatic rings. The molecule has 4 nitrogen and oxygen atoms in total. The fourth-order valence-corrected chi connectivity index (χ4v) is 2.48. The molecule has 0 saturated heterocycles. The van der Waals surface area contributed by atoms with Crippen molar-refractivity contribution in [1.82, 2.24) is 5.32 Å². The highest BCUT2D eigenvalue weighted by Crippen LogP contribution is 2.18. The van der Waals surface area contributed by atoms with Gasteiger partial charge in [0.2, 0.25) is 0 Å². The molecule has 0 amide bonds. The van der Waals surface area contributed by atoms with Crippen LogP contribution in [-0.2, 0) is 4.79 Å². The molecule has 118 valence electrons. The summed E-state index contributed by atoms with van der Waals surface area (Å²) < 4.78 is 0. The van der Waals surface area contributed by atoms with Crippen LogP contribution in [0.25, 0.3) is 0 Å². The van der Waals surface area contributed by atoms with Gasteiger partial charge in [0.05, 0.1) is 0 Å². The standard InChI is InChI=1S/C17H28N2O2/c1-5-6-12-19(15-10-8-7-9-11-15)13-17(4,16(20)21)18-14(2)3/h7-11,14,18H,5-6,12-13H2,1-4H3,(H,20,21). The Balaban J connectivity index is 2.95. The fraction of sp³-hybridized carbons (Fsp3) is 0.588. The van der Waals surface area contributed by atoms with Crippen molar-refractivity contribution in [3.63, 3.8) is 0 Å². The molecule has 0 heterocycles. The molecule has 0 spiro atoms. The van der Waals surface area contributed by atoms with Gasteiger partial charge in [-0.1, -0.05) is 31.5 Å². The van der Waals surface area contributed by atoms with Crippen LogP contribution < -0.4 is 10.2 Å². The quantitative estimate of drug-likeness (QED) is 0.734. The molecule has 0 aliphatic heterocycles. The fourth-order valence-electron chi connectivity index (χ4n) is 2.48. The number of carboxylic acid groups (broad SMARTS) is 1. The number of carboxylic acids is 1. The Kier molecular flexibility index (Phi) is 6.69. The zero-order valence-corrected chi connectivity index (χ0v) is 13.6. The lowest BCUT2D eigenvalue weighted by atomic mass is 9.99. The molecule has 1 aromatic carbocycles. The van der Waals surface area contributed by atoms with Gasteiger partial charge in [-0.2, -0.15) is 0 Å². The molecule has 0 saturated carbocycles. The molecular weight excluding hydrogens is 264 g/mol. The van der Waals surface area contributed by atoms with Crippen LogP contribution in [0.15, 0.2) is 30.3 Å². The van der Waals surface area contributed by atoms with E-state index in [0.29, 0.717) is 6.54 Å². The van der Waals surface area contributed by atoms with Crippen molar-refractivity contribution in [3.05, 3.63) is 30.3 Å². The summed E-state index contributed by atoms with van der Waals surface area (Å²) in [5.74, 6) is -0.811. The topological polar surface area (TPSA) is 52.6 Å². The molecule has 1 aromatic rings. The van der Waals surface area contributed by atoms with Crippen LogP contribution in [0.4, 0.5) is 5.69 Å². The second-order valence-electron chi connectivity index (χ2n) is 6.05. The van der Waals surface area contributed by atoms with Crippen LogP contribution in [0.3, 0.4) is 0 Å². The molecule has 4 heteroatoms. The summed E-state index contributed by atoms with van der Waals surface area (Å²) in [5, 5.41) is 12.8. The van der Waals surface area contributed by atoms with Gasteiger partial charge in [0, 0.05) is 24.8 Å². The van der Waals surface area contributed by atoms with Gasteiger partial charge < -0.3 is 10.0 Å². The van der Waals surface area contributed by atoms with E-state index in [-0.39, 0.29) is 6.04 Å². The Labute approximate surface area is 128 Å². The van der Waals surface area contributed by atoms with Gasteiger partial charge in [0.1, 0.15) is 5.54 Å². The maximum atomic E-state index is 11.7. The molecule has 2 N–H and O–H groups in total. The molecule has 0 fully saturated rings. The van der Waals surface area contributed by atoms with Gasteiger partial charge in [-0.15, -0.1) is 0 Å². The minimum atomic E-state index is -0.961. The van der Waals surface area contributed by atoms with E-state index in [9.17, 15) is 9.90 Å². The molecule has 0 bridgehead atoms. The zero-order valence-electron chi connectivity index (χ0n) is 13.6. The van der Waals surface area contributed by atoms with E-state index >= 15 is 0 Å². The minimum absolute atomic E-state index is 0.120. The zero-order chi connectivity index (χ0) is 15.9. The van der Waals surface area contributed by atoms with Crippen LogP contribution in [-0.4, -0.2) is 35.7 Å². The van der Waals surface area contributed by atoms with Crippen molar-refractivity contribution in [2.45, 2.75) is 52.1 Å². The van der Waals surface area contributed by atoms with Crippen LogP contribution in [0, 0.1) is 0 Å². The van der Waals surface area contributed by atoms with Crippen LogP contribution >= 0.6 is 0 Å². The van der Waals surface area contributed by atoms with Crippen molar-refractivity contribution >= 4 is 11.7 Å². The first-order valence-corrected chi connectivity index (χ1v) is 7.70. The normalized spacial score (nSPS) is 14.0. The Hall–Kier alpha value is -1.55. The number of unbranched alkanes of at least 4 members (excludes halogenated alkanes) is 1. The highest BCUT2D eigenvalue weighted by molar-refractivity contribution is 5.79. The maximum absolute atomic E-state index is 11.7. The van der Waals surface area contributed by atoms with Gasteiger partial charge in [-0.05, 0) is 39.3 Å². The Morgan fingerprint density at radius 3 is 2.43 bits per heavy atom.